The Bertz CT molecular complexity index is 1160. The number of nitrogens with two attached hydrogens (primary N) is 1. The number of halogens is 3. The third-order valence-corrected chi connectivity index (χ3v) is 6.41. The standard InChI is InChI=1S/C21H22F3N5O2S/c1-31-20-15(24)9-12-17(25)18(32-21(12)28-20)19(30)27-3-2-11-8-14(23)16(10-13(11)22)29-6-4-26-5-7-29/h8-10,26H,2-7,25H2,1H3,(H,27,30). The van der Waals surface area contributed by atoms with Gasteiger partial charge in [0.2, 0.25) is 0 Å². The number of nitrogens with zero attached hydrogens (tertiary/aromatic N) is 2. The highest BCUT2D eigenvalue weighted by Crippen LogP contribution is 2.35. The van der Waals surface area contributed by atoms with E-state index in [-0.39, 0.29) is 40.7 Å². The number of carbonyl (C=O) groups is 1. The van der Waals surface area contributed by atoms with Crippen LogP contribution in [0.4, 0.5) is 24.5 Å². The maximum atomic E-state index is 14.6. The summed E-state index contributed by atoms with van der Waals surface area (Å²) in [6.07, 6.45) is 0.0990. The lowest BCUT2D eigenvalue weighted by Crippen LogP contribution is -2.44. The van der Waals surface area contributed by atoms with Gasteiger partial charge in [-0.2, -0.15) is 4.98 Å². The molecule has 1 aromatic carbocycles. The summed E-state index contributed by atoms with van der Waals surface area (Å²) in [7, 11) is 1.29. The smallest absolute Gasteiger partial charge is 0.263 e. The molecule has 170 valence electrons. The average molecular weight is 466 g/mol. The van der Waals surface area contributed by atoms with E-state index < -0.39 is 23.4 Å². The number of aromatic nitrogens is 1. The van der Waals surface area contributed by atoms with Gasteiger partial charge in [-0.3, -0.25) is 4.79 Å². The molecule has 0 aliphatic carbocycles. The second-order valence-electron chi connectivity index (χ2n) is 7.32. The van der Waals surface area contributed by atoms with E-state index in [4.69, 9.17) is 10.5 Å². The largest absolute Gasteiger partial charge is 0.479 e. The summed E-state index contributed by atoms with van der Waals surface area (Å²) in [5, 5.41) is 6.13. The van der Waals surface area contributed by atoms with Crippen molar-refractivity contribution < 1.29 is 22.7 Å². The fourth-order valence-corrected chi connectivity index (χ4v) is 4.61. The molecule has 1 fully saturated rings. The number of nitrogen functional groups attached to an aromatic ring is 1. The molecular formula is C21H22F3N5O2S. The van der Waals surface area contributed by atoms with Crippen LogP contribution < -0.4 is 26.0 Å². The van der Waals surface area contributed by atoms with Gasteiger partial charge < -0.3 is 26.0 Å². The van der Waals surface area contributed by atoms with Gasteiger partial charge >= 0.3 is 0 Å². The van der Waals surface area contributed by atoms with Gasteiger partial charge in [0.05, 0.1) is 18.5 Å². The molecule has 0 saturated carbocycles. The van der Waals surface area contributed by atoms with Crippen LogP contribution in [0.3, 0.4) is 0 Å². The normalized spacial score (nSPS) is 14.1. The minimum absolute atomic E-state index is 0.0704. The van der Waals surface area contributed by atoms with Crippen LogP contribution in [0.1, 0.15) is 15.2 Å². The molecule has 1 saturated heterocycles. The Morgan fingerprint density at radius 3 is 2.69 bits per heavy atom. The lowest BCUT2D eigenvalue weighted by molar-refractivity contribution is 0.0959. The van der Waals surface area contributed by atoms with E-state index in [0.717, 1.165) is 11.3 Å². The molecule has 3 heterocycles. The number of thiophene rings is 1. The Kier molecular flexibility index (Phi) is 6.38. The summed E-state index contributed by atoms with van der Waals surface area (Å²) in [6.45, 7) is 2.70. The van der Waals surface area contributed by atoms with Crippen molar-refractivity contribution in [3.8, 4) is 5.88 Å². The minimum Gasteiger partial charge on any atom is -0.479 e. The van der Waals surface area contributed by atoms with Gasteiger partial charge in [-0.05, 0) is 24.1 Å². The van der Waals surface area contributed by atoms with Gasteiger partial charge in [-0.15, -0.1) is 11.3 Å². The summed E-state index contributed by atoms with van der Waals surface area (Å²) in [5.74, 6) is -2.39. The third kappa shape index (κ3) is 4.30. The van der Waals surface area contributed by atoms with E-state index in [0.29, 0.717) is 36.4 Å². The zero-order valence-corrected chi connectivity index (χ0v) is 18.1. The molecule has 4 rings (SSSR count). The Morgan fingerprint density at radius 1 is 1.22 bits per heavy atom. The van der Waals surface area contributed by atoms with E-state index in [1.165, 1.54) is 25.3 Å². The molecule has 4 N–H and O–H groups in total. The highest BCUT2D eigenvalue weighted by Gasteiger charge is 2.21. The van der Waals surface area contributed by atoms with Gasteiger partial charge in [0.1, 0.15) is 21.3 Å². The van der Waals surface area contributed by atoms with Crippen molar-refractivity contribution in [1.29, 1.82) is 0 Å². The van der Waals surface area contributed by atoms with Crippen molar-refractivity contribution >= 4 is 38.8 Å². The molecular weight excluding hydrogens is 443 g/mol. The van der Waals surface area contributed by atoms with Crippen LogP contribution >= 0.6 is 11.3 Å². The van der Waals surface area contributed by atoms with Crippen LogP contribution in [0.25, 0.3) is 10.2 Å². The maximum absolute atomic E-state index is 14.6. The first-order chi connectivity index (χ1) is 15.4. The fraction of sp³-hybridized carbons (Fsp3) is 0.333. The first-order valence-electron chi connectivity index (χ1n) is 10.0. The quantitative estimate of drug-likeness (QED) is 0.519. The average Bonchev–Trinajstić information content (AvgIpc) is 3.11. The van der Waals surface area contributed by atoms with Gasteiger partial charge in [-0.25, -0.2) is 13.2 Å². The molecule has 1 aliphatic heterocycles. The summed E-state index contributed by atoms with van der Waals surface area (Å²) in [4.78, 5) is 18.9. The highest BCUT2D eigenvalue weighted by atomic mass is 32.1. The Morgan fingerprint density at radius 2 is 1.97 bits per heavy atom. The van der Waals surface area contributed by atoms with Crippen LogP contribution in [-0.4, -0.2) is 50.7 Å². The first-order valence-corrected chi connectivity index (χ1v) is 10.8. The second kappa shape index (κ2) is 9.21. The number of anilines is 2. The van der Waals surface area contributed by atoms with E-state index in [2.05, 4.69) is 15.6 Å². The molecule has 32 heavy (non-hydrogen) atoms. The Balaban J connectivity index is 1.44. The lowest BCUT2D eigenvalue weighted by Gasteiger charge is -2.30. The van der Waals surface area contributed by atoms with Crippen molar-refractivity contribution in [2.24, 2.45) is 0 Å². The molecule has 0 spiro atoms. The topological polar surface area (TPSA) is 92.5 Å². The number of carbonyl (C=O) groups excluding carboxylic acids is 1. The highest BCUT2D eigenvalue weighted by molar-refractivity contribution is 7.21. The molecule has 7 nitrogen and oxygen atoms in total. The summed E-state index contributed by atoms with van der Waals surface area (Å²) in [5.41, 5.74) is 6.51. The van der Waals surface area contributed by atoms with E-state index in [1.54, 1.807) is 4.90 Å². The first kappa shape index (κ1) is 22.2. The van der Waals surface area contributed by atoms with Gasteiger partial charge in [-0.1, -0.05) is 0 Å². The fourth-order valence-electron chi connectivity index (χ4n) is 3.62. The molecule has 0 bridgehead atoms. The molecule has 0 unspecified atom stereocenters. The number of nitrogens with one attached hydrogen (secondary N) is 2. The SMILES string of the molecule is COc1nc2sc(C(=O)NCCc3cc(F)c(N4CCNCC4)cc3F)c(N)c2cc1F. The minimum atomic E-state index is -0.682. The maximum Gasteiger partial charge on any atom is 0.263 e. The second-order valence-corrected chi connectivity index (χ2v) is 8.31. The van der Waals surface area contributed by atoms with Crippen molar-refractivity contribution in [2.45, 2.75) is 6.42 Å². The van der Waals surface area contributed by atoms with Crippen LogP contribution in [0.15, 0.2) is 18.2 Å². The lowest BCUT2D eigenvalue weighted by atomic mass is 10.1. The zero-order chi connectivity index (χ0) is 22.8. The number of ether oxygens (including phenoxy) is 1. The Labute approximate surface area is 186 Å². The van der Waals surface area contributed by atoms with Crippen LogP contribution in [0.2, 0.25) is 0 Å². The number of methoxy groups -OCH3 is 1. The predicted molar refractivity (Wildman–Crippen MR) is 118 cm³/mol. The van der Waals surface area contributed by atoms with Crippen molar-refractivity contribution in [3.63, 3.8) is 0 Å². The van der Waals surface area contributed by atoms with Gasteiger partial charge in [0, 0.05) is 44.2 Å². The van der Waals surface area contributed by atoms with E-state index >= 15 is 0 Å². The summed E-state index contributed by atoms with van der Waals surface area (Å²) >= 11 is 1.00. The summed E-state index contributed by atoms with van der Waals surface area (Å²) in [6, 6.07) is 3.54. The van der Waals surface area contributed by atoms with Crippen molar-refractivity contribution in [2.75, 3.05) is 50.5 Å². The molecule has 1 amide bonds. The number of benzene rings is 1. The molecule has 11 heteroatoms. The monoisotopic (exact) mass is 465 g/mol. The number of piperazine rings is 1. The summed E-state index contributed by atoms with van der Waals surface area (Å²) < 4.78 is 47.9. The third-order valence-electron chi connectivity index (χ3n) is 5.30. The number of fused-ring (bicyclic) bond motifs is 1. The molecule has 1 aliphatic rings. The van der Waals surface area contributed by atoms with E-state index in [1.807, 2.05) is 0 Å². The zero-order valence-electron chi connectivity index (χ0n) is 17.3. The molecule has 2 aromatic heterocycles. The van der Waals surface area contributed by atoms with Crippen LogP contribution in [0.5, 0.6) is 5.88 Å². The predicted octanol–water partition coefficient (Wildman–Crippen LogP) is 2.69. The van der Waals surface area contributed by atoms with E-state index in [9.17, 15) is 18.0 Å². The van der Waals surface area contributed by atoms with Gasteiger partial charge in [0.25, 0.3) is 11.8 Å². The molecule has 3 aromatic rings. The number of amides is 1. The molecule has 0 radical (unpaired) electrons. The van der Waals surface area contributed by atoms with Crippen LogP contribution in [0, 0.1) is 17.5 Å². The number of rotatable bonds is 6. The van der Waals surface area contributed by atoms with Crippen molar-refractivity contribution in [3.05, 3.63) is 46.1 Å². The molecule has 0 atom stereocenters. The number of pyridine rings is 1. The van der Waals surface area contributed by atoms with Crippen LogP contribution in [-0.2, 0) is 6.42 Å². The van der Waals surface area contributed by atoms with Crippen molar-refractivity contribution in [1.82, 2.24) is 15.6 Å². The number of hydrogen-bond acceptors (Lipinski definition) is 7. The van der Waals surface area contributed by atoms with Gasteiger partial charge in [0.15, 0.2) is 5.82 Å². The Hall–Kier alpha value is -3.05. The number of hydrogen-bond donors (Lipinski definition) is 3.